The summed E-state index contributed by atoms with van der Waals surface area (Å²) in [6.45, 7) is 3.66. The van der Waals surface area contributed by atoms with Gasteiger partial charge < -0.3 is 19.4 Å². The maximum absolute atomic E-state index is 12.6. The Morgan fingerprint density at radius 2 is 2.08 bits per heavy atom. The van der Waals surface area contributed by atoms with E-state index in [9.17, 15) is 9.59 Å². The first-order valence-corrected chi connectivity index (χ1v) is 9.01. The summed E-state index contributed by atoms with van der Waals surface area (Å²) in [6, 6.07) is 9.65. The van der Waals surface area contributed by atoms with E-state index in [2.05, 4.69) is 5.32 Å². The number of rotatable bonds is 7. The normalized spacial score (nSPS) is 16.5. The van der Waals surface area contributed by atoms with Crippen LogP contribution in [0.3, 0.4) is 0 Å². The van der Waals surface area contributed by atoms with Crippen LogP contribution in [-0.4, -0.2) is 36.4 Å². The first kappa shape index (κ1) is 18.0. The number of furan rings is 1. The standard InChI is InChI=1S/C20H24N2O4/c1-2-26-17-7-5-15(6-8-17)18-4-3-12-22(18)19(23)9-11-21-20(24)16-10-13-25-14-16/h5-8,10,13-14,18H,2-4,9,11-12H2,1H3,(H,21,24). The summed E-state index contributed by atoms with van der Waals surface area (Å²) in [4.78, 5) is 26.4. The van der Waals surface area contributed by atoms with Gasteiger partial charge in [0.05, 0.1) is 24.5 Å². The van der Waals surface area contributed by atoms with Gasteiger partial charge in [-0.2, -0.15) is 0 Å². The quantitative estimate of drug-likeness (QED) is 0.827. The van der Waals surface area contributed by atoms with Gasteiger partial charge in [0.25, 0.3) is 5.91 Å². The molecule has 2 aromatic rings. The summed E-state index contributed by atoms with van der Waals surface area (Å²) in [7, 11) is 0. The highest BCUT2D eigenvalue weighted by Gasteiger charge is 2.29. The van der Waals surface area contributed by atoms with Gasteiger partial charge in [0.15, 0.2) is 0 Å². The number of hydrogen-bond donors (Lipinski definition) is 1. The fourth-order valence-corrected chi connectivity index (χ4v) is 3.29. The molecule has 1 atom stereocenters. The molecule has 138 valence electrons. The predicted molar refractivity (Wildman–Crippen MR) is 97.0 cm³/mol. The van der Waals surface area contributed by atoms with Crippen molar-refractivity contribution in [2.75, 3.05) is 19.7 Å². The number of carbonyl (C=O) groups is 2. The van der Waals surface area contributed by atoms with Gasteiger partial charge in [-0.15, -0.1) is 0 Å². The van der Waals surface area contributed by atoms with Crippen LogP contribution < -0.4 is 10.1 Å². The molecule has 6 nitrogen and oxygen atoms in total. The lowest BCUT2D eigenvalue weighted by atomic mass is 10.0. The van der Waals surface area contributed by atoms with Gasteiger partial charge in [0.2, 0.25) is 5.91 Å². The van der Waals surface area contributed by atoms with E-state index in [0.717, 1.165) is 30.7 Å². The number of nitrogens with zero attached hydrogens (tertiary/aromatic N) is 1. The smallest absolute Gasteiger partial charge is 0.254 e. The van der Waals surface area contributed by atoms with Crippen LogP contribution in [0, 0.1) is 0 Å². The zero-order valence-corrected chi connectivity index (χ0v) is 14.9. The molecule has 0 bridgehead atoms. The highest BCUT2D eigenvalue weighted by Crippen LogP contribution is 2.33. The molecule has 6 heteroatoms. The molecule has 1 aliphatic rings. The van der Waals surface area contributed by atoms with E-state index in [1.165, 1.54) is 12.5 Å². The van der Waals surface area contributed by atoms with Crippen LogP contribution >= 0.6 is 0 Å². The number of likely N-dealkylation sites (tertiary alicyclic amines) is 1. The van der Waals surface area contributed by atoms with Gasteiger partial charge >= 0.3 is 0 Å². The molecule has 0 saturated carbocycles. The Morgan fingerprint density at radius 1 is 1.27 bits per heavy atom. The highest BCUT2D eigenvalue weighted by atomic mass is 16.5. The van der Waals surface area contributed by atoms with Crippen molar-refractivity contribution in [3.8, 4) is 5.75 Å². The average molecular weight is 356 g/mol. The third-order valence-electron chi connectivity index (χ3n) is 4.56. The second-order valence-corrected chi connectivity index (χ2v) is 6.27. The van der Waals surface area contributed by atoms with Crippen molar-refractivity contribution in [2.24, 2.45) is 0 Å². The number of amides is 2. The monoisotopic (exact) mass is 356 g/mol. The van der Waals surface area contributed by atoms with Gasteiger partial charge in [-0.1, -0.05) is 12.1 Å². The molecule has 26 heavy (non-hydrogen) atoms. The van der Waals surface area contributed by atoms with Crippen molar-refractivity contribution in [2.45, 2.75) is 32.2 Å². The Hall–Kier alpha value is -2.76. The first-order chi connectivity index (χ1) is 12.7. The molecule has 1 aromatic carbocycles. The Balaban J connectivity index is 1.53. The van der Waals surface area contributed by atoms with E-state index < -0.39 is 0 Å². The molecule has 1 aromatic heterocycles. The summed E-state index contributed by atoms with van der Waals surface area (Å²) in [6.07, 6.45) is 5.08. The predicted octanol–water partition coefficient (Wildman–Crippen LogP) is 3.16. The zero-order chi connectivity index (χ0) is 18.4. The van der Waals surface area contributed by atoms with Crippen LogP contribution in [-0.2, 0) is 4.79 Å². The molecule has 1 N–H and O–H groups in total. The Kier molecular flexibility index (Phi) is 5.94. The summed E-state index contributed by atoms with van der Waals surface area (Å²) in [5.41, 5.74) is 1.59. The van der Waals surface area contributed by atoms with Gasteiger partial charge in [0.1, 0.15) is 12.0 Å². The van der Waals surface area contributed by atoms with E-state index in [4.69, 9.17) is 9.15 Å². The van der Waals surface area contributed by atoms with Crippen LogP contribution in [0.4, 0.5) is 0 Å². The molecule has 0 aliphatic carbocycles. The molecule has 2 heterocycles. The Labute approximate surface area is 153 Å². The van der Waals surface area contributed by atoms with Crippen LogP contribution in [0.15, 0.2) is 47.3 Å². The SMILES string of the molecule is CCOc1ccc(C2CCCN2C(=O)CCNC(=O)c2ccoc2)cc1. The lowest BCUT2D eigenvalue weighted by Gasteiger charge is -2.25. The van der Waals surface area contributed by atoms with E-state index in [1.54, 1.807) is 6.07 Å². The largest absolute Gasteiger partial charge is 0.494 e. The van der Waals surface area contributed by atoms with Crippen LogP contribution in [0.5, 0.6) is 5.75 Å². The number of hydrogen-bond acceptors (Lipinski definition) is 4. The van der Waals surface area contributed by atoms with Crippen LogP contribution in [0.2, 0.25) is 0 Å². The van der Waals surface area contributed by atoms with Crippen LogP contribution in [0.25, 0.3) is 0 Å². The molecule has 0 radical (unpaired) electrons. The zero-order valence-electron chi connectivity index (χ0n) is 14.9. The minimum absolute atomic E-state index is 0.0638. The lowest BCUT2D eigenvalue weighted by Crippen LogP contribution is -2.34. The van der Waals surface area contributed by atoms with Crippen molar-refractivity contribution in [1.29, 1.82) is 0 Å². The van der Waals surface area contributed by atoms with E-state index in [0.29, 0.717) is 18.7 Å². The van der Waals surface area contributed by atoms with Gasteiger partial charge in [-0.05, 0) is 43.5 Å². The van der Waals surface area contributed by atoms with Gasteiger partial charge in [-0.25, -0.2) is 0 Å². The molecule has 1 unspecified atom stereocenters. The van der Waals surface area contributed by atoms with Crippen molar-refractivity contribution in [3.63, 3.8) is 0 Å². The number of benzene rings is 1. The number of ether oxygens (including phenoxy) is 1. The minimum Gasteiger partial charge on any atom is -0.494 e. The third kappa shape index (κ3) is 4.25. The molecule has 1 fully saturated rings. The van der Waals surface area contributed by atoms with Gasteiger partial charge in [-0.3, -0.25) is 9.59 Å². The second-order valence-electron chi connectivity index (χ2n) is 6.27. The van der Waals surface area contributed by atoms with E-state index in [1.807, 2.05) is 36.1 Å². The summed E-state index contributed by atoms with van der Waals surface area (Å²) >= 11 is 0. The second kappa shape index (κ2) is 8.56. The van der Waals surface area contributed by atoms with Crippen molar-refractivity contribution < 1.29 is 18.7 Å². The molecule has 2 amide bonds. The summed E-state index contributed by atoms with van der Waals surface area (Å²) < 4.78 is 10.4. The topological polar surface area (TPSA) is 71.8 Å². The molecule has 3 rings (SSSR count). The summed E-state index contributed by atoms with van der Waals surface area (Å²) in [5, 5.41) is 2.75. The van der Waals surface area contributed by atoms with Gasteiger partial charge in [0, 0.05) is 19.5 Å². The van der Waals surface area contributed by atoms with Crippen molar-refractivity contribution in [3.05, 3.63) is 54.0 Å². The maximum atomic E-state index is 12.6. The third-order valence-corrected chi connectivity index (χ3v) is 4.56. The van der Waals surface area contributed by atoms with E-state index >= 15 is 0 Å². The molecule has 1 saturated heterocycles. The average Bonchev–Trinajstić information content (AvgIpc) is 3.34. The maximum Gasteiger partial charge on any atom is 0.254 e. The van der Waals surface area contributed by atoms with Crippen molar-refractivity contribution >= 4 is 11.8 Å². The molecule has 0 spiro atoms. The number of carbonyl (C=O) groups excluding carboxylic acids is 2. The fraction of sp³-hybridized carbons (Fsp3) is 0.400. The highest BCUT2D eigenvalue weighted by molar-refractivity contribution is 5.94. The van der Waals surface area contributed by atoms with E-state index in [-0.39, 0.29) is 24.3 Å². The fourth-order valence-electron chi connectivity index (χ4n) is 3.29. The Morgan fingerprint density at radius 3 is 2.77 bits per heavy atom. The first-order valence-electron chi connectivity index (χ1n) is 9.01. The van der Waals surface area contributed by atoms with Crippen LogP contribution in [0.1, 0.15) is 48.1 Å². The summed E-state index contributed by atoms with van der Waals surface area (Å²) in [5.74, 6) is 0.680. The molecular formula is C20H24N2O4. The Bertz CT molecular complexity index is 725. The molecule has 1 aliphatic heterocycles. The number of nitrogens with one attached hydrogen (secondary N) is 1. The lowest BCUT2D eigenvalue weighted by molar-refractivity contribution is -0.132. The minimum atomic E-state index is -0.226. The molecular weight excluding hydrogens is 332 g/mol. The van der Waals surface area contributed by atoms with Crippen molar-refractivity contribution in [1.82, 2.24) is 10.2 Å².